The van der Waals surface area contributed by atoms with Gasteiger partial charge in [-0.15, -0.1) is 0 Å². The van der Waals surface area contributed by atoms with Gasteiger partial charge >= 0.3 is 11.5 Å². The van der Waals surface area contributed by atoms with Gasteiger partial charge in [-0.25, -0.2) is 9.78 Å². The number of ether oxygens (including phenoxy) is 1. The second-order valence-corrected chi connectivity index (χ2v) is 4.14. The van der Waals surface area contributed by atoms with Gasteiger partial charge in [-0.3, -0.25) is 10.1 Å². The summed E-state index contributed by atoms with van der Waals surface area (Å²) in [4.78, 5) is 29.2. The van der Waals surface area contributed by atoms with Crippen LogP contribution < -0.4 is 0 Å². The Balaban J connectivity index is 3.03. The molecule has 1 unspecified atom stereocenters. The lowest BCUT2D eigenvalue weighted by molar-refractivity contribution is -0.556. The van der Waals surface area contributed by atoms with Crippen molar-refractivity contribution in [3.8, 4) is 0 Å². The maximum absolute atomic E-state index is 11.8. The summed E-state index contributed by atoms with van der Waals surface area (Å²) in [5.74, 6) is -0.810. The highest BCUT2D eigenvalue weighted by Crippen LogP contribution is 2.24. The summed E-state index contributed by atoms with van der Waals surface area (Å²) >= 11 is 0. The van der Waals surface area contributed by atoms with E-state index in [1.165, 1.54) is 19.6 Å². The molecule has 100 valence electrons. The molecule has 0 fully saturated rings. The Morgan fingerprint density at radius 1 is 1.67 bits per heavy atom. The smallest absolute Gasteiger partial charge is 0.384 e. The maximum atomic E-state index is 11.8. The Morgan fingerprint density at radius 2 is 2.39 bits per heavy atom. The average Bonchev–Trinajstić information content (AvgIpc) is 2.85. The highest BCUT2D eigenvalue weighted by Gasteiger charge is 2.52. The molecule has 1 N–H and O–H groups in total. The van der Waals surface area contributed by atoms with Crippen molar-refractivity contribution < 1.29 is 14.5 Å². The van der Waals surface area contributed by atoms with Gasteiger partial charge in [0.2, 0.25) is 0 Å². The van der Waals surface area contributed by atoms with E-state index in [1.807, 2.05) is 6.92 Å². The summed E-state index contributed by atoms with van der Waals surface area (Å²) in [5.41, 5.74) is -1.18. The van der Waals surface area contributed by atoms with Gasteiger partial charge in [0, 0.05) is 23.2 Å². The molecule has 0 aliphatic heterocycles. The number of methoxy groups -OCH3 is 1. The van der Waals surface area contributed by atoms with E-state index in [2.05, 4.69) is 14.7 Å². The second-order valence-electron chi connectivity index (χ2n) is 4.14. The molecule has 0 aliphatic carbocycles. The largest absolute Gasteiger partial charge is 0.464 e. The van der Waals surface area contributed by atoms with Crippen LogP contribution in [0.2, 0.25) is 0 Å². The molecule has 0 bridgehead atoms. The van der Waals surface area contributed by atoms with E-state index in [9.17, 15) is 14.9 Å². The van der Waals surface area contributed by atoms with E-state index < -0.39 is 16.4 Å². The summed E-state index contributed by atoms with van der Waals surface area (Å²) in [7, 11) is 1.17. The van der Waals surface area contributed by atoms with Crippen LogP contribution in [0.15, 0.2) is 12.5 Å². The molecule has 0 saturated carbocycles. The Kier molecular flexibility index (Phi) is 4.82. The lowest BCUT2D eigenvalue weighted by atomic mass is 9.88. The van der Waals surface area contributed by atoms with Crippen LogP contribution in [0.25, 0.3) is 0 Å². The zero-order chi connectivity index (χ0) is 13.6. The Morgan fingerprint density at radius 3 is 2.83 bits per heavy atom. The highest BCUT2D eigenvalue weighted by molar-refractivity contribution is 5.79. The number of carbonyl (C=O) groups excluding carboxylic acids is 1. The van der Waals surface area contributed by atoms with Crippen LogP contribution in [0.4, 0.5) is 0 Å². The predicted octanol–water partition coefficient (Wildman–Crippen LogP) is 1.33. The number of imidazole rings is 1. The van der Waals surface area contributed by atoms with E-state index >= 15 is 0 Å². The predicted molar refractivity (Wildman–Crippen MR) is 63.6 cm³/mol. The van der Waals surface area contributed by atoms with Crippen molar-refractivity contribution in [2.24, 2.45) is 0 Å². The molecule has 1 aromatic heterocycles. The zero-order valence-electron chi connectivity index (χ0n) is 10.5. The van der Waals surface area contributed by atoms with Crippen molar-refractivity contribution in [1.82, 2.24) is 9.97 Å². The van der Waals surface area contributed by atoms with Crippen LogP contribution in [0.1, 0.15) is 31.9 Å². The van der Waals surface area contributed by atoms with Crippen molar-refractivity contribution in [1.29, 1.82) is 0 Å². The first kappa shape index (κ1) is 14.1. The topological polar surface area (TPSA) is 98.1 Å². The maximum Gasteiger partial charge on any atom is 0.384 e. The Labute approximate surface area is 105 Å². The minimum Gasteiger partial charge on any atom is -0.464 e. The number of H-pyrrole nitrogens is 1. The molecule has 1 atom stereocenters. The zero-order valence-corrected chi connectivity index (χ0v) is 10.5. The normalized spacial score (nSPS) is 13.9. The van der Waals surface area contributed by atoms with Gasteiger partial charge in [0.05, 0.1) is 19.9 Å². The summed E-state index contributed by atoms with van der Waals surface area (Å²) < 4.78 is 4.61. The SMILES string of the molecule is CCCCC(Cc1cnc[nH]1)(C(=O)OC)[N+](=O)[O-]. The van der Waals surface area contributed by atoms with Crippen LogP contribution in [-0.4, -0.2) is 33.5 Å². The summed E-state index contributed by atoms with van der Waals surface area (Å²) in [5, 5.41) is 11.3. The molecule has 1 rings (SSSR count). The van der Waals surface area contributed by atoms with Gasteiger partial charge in [-0.2, -0.15) is 0 Å². The summed E-state index contributed by atoms with van der Waals surface area (Å²) in [6.45, 7) is 1.91. The lowest BCUT2D eigenvalue weighted by Gasteiger charge is -2.21. The number of nitro groups is 1. The number of aromatic nitrogens is 2. The monoisotopic (exact) mass is 255 g/mol. The number of rotatable bonds is 7. The van der Waals surface area contributed by atoms with Crippen LogP contribution in [0.3, 0.4) is 0 Å². The Hall–Kier alpha value is -1.92. The van der Waals surface area contributed by atoms with Crippen molar-refractivity contribution in [2.45, 2.75) is 38.1 Å². The van der Waals surface area contributed by atoms with Crippen LogP contribution in [0, 0.1) is 10.1 Å². The number of nitrogens with one attached hydrogen (secondary N) is 1. The summed E-state index contributed by atoms with van der Waals surface area (Å²) in [6.07, 6.45) is 4.39. The molecular formula is C11H17N3O4. The first-order chi connectivity index (χ1) is 8.56. The van der Waals surface area contributed by atoms with Gasteiger partial charge in [0.15, 0.2) is 0 Å². The van der Waals surface area contributed by atoms with Crippen molar-refractivity contribution >= 4 is 5.97 Å². The van der Waals surface area contributed by atoms with E-state index in [4.69, 9.17) is 0 Å². The quantitative estimate of drug-likeness (QED) is 0.450. The molecule has 7 heteroatoms. The van der Waals surface area contributed by atoms with Crippen LogP contribution in [-0.2, 0) is 16.0 Å². The molecule has 0 spiro atoms. The first-order valence-corrected chi connectivity index (χ1v) is 5.77. The van der Waals surface area contributed by atoms with Crippen molar-refractivity contribution in [3.05, 3.63) is 28.3 Å². The number of carbonyl (C=O) groups is 1. The number of hydrogen-bond acceptors (Lipinski definition) is 5. The van der Waals surface area contributed by atoms with Gasteiger partial charge < -0.3 is 9.72 Å². The number of nitrogens with zero attached hydrogens (tertiary/aromatic N) is 2. The average molecular weight is 255 g/mol. The molecule has 1 aromatic rings. The lowest BCUT2D eigenvalue weighted by Crippen LogP contribution is -2.49. The third-order valence-corrected chi connectivity index (χ3v) is 2.90. The first-order valence-electron chi connectivity index (χ1n) is 5.77. The van der Waals surface area contributed by atoms with E-state index in [0.29, 0.717) is 12.1 Å². The fraction of sp³-hybridized carbons (Fsp3) is 0.636. The fourth-order valence-electron chi connectivity index (χ4n) is 1.85. The third kappa shape index (κ3) is 2.85. The molecule has 0 saturated heterocycles. The van der Waals surface area contributed by atoms with E-state index in [1.54, 1.807) is 0 Å². The fourth-order valence-corrected chi connectivity index (χ4v) is 1.85. The van der Waals surface area contributed by atoms with E-state index in [-0.39, 0.29) is 12.8 Å². The van der Waals surface area contributed by atoms with Crippen LogP contribution >= 0.6 is 0 Å². The summed E-state index contributed by atoms with van der Waals surface area (Å²) in [6, 6.07) is 0. The second kappa shape index (κ2) is 6.13. The molecular weight excluding hydrogens is 238 g/mol. The standard InChI is InChI=1S/C11H17N3O4/c1-3-4-5-11(14(16)17,10(15)18-2)6-9-7-12-8-13-9/h7-8H,3-6H2,1-2H3,(H,12,13). The molecule has 18 heavy (non-hydrogen) atoms. The van der Waals surface area contributed by atoms with Gasteiger partial charge in [-0.1, -0.05) is 13.3 Å². The number of aromatic amines is 1. The van der Waals surface area contributed by atoms with Gasteiger partial charge in [0.25, 0.3) is 0 Å². The molecule has 0 radical (unpaired) electrons. The minimum atomic E-state index is -1.72. The van der Waals surface area contributed by atoms with Gasteiger partial charge in [-0.05, 0) is 6.42 Å². The Bertz CT molecular complexity index is 404. The van der Waals surface area contributed by atoms with Crippen LogP contribution in [0.5, 0.6) is 0 Å². The minimum absolute atomic E-state index is 0.0350. The molecule has 0 aliphatic rings. The highest BCUT2D eigenvalue weighted by atomic mass is 16.6. The molecule has 0 amide bonds. The molecule has 0 aromatic carbocycles. The van der Waals surface area contributed by atoms with Crippen molar-refractivity contribution in [3.63, 3.8) is 0 Å². The molecule has 7 nitrogen and oxygen atoms in total. The number of hydrogen-bond donors (Lipinski definition) is 1. The number of esters is 1. The van der Waals surface area contributed by atoms with Crippen molar-refractivity contribution in [2.75, 3.05) is 7.11 Å². The van der Waals surface area contributed by atoms with Gasteiger partial charge in [0.1, 0.15) is 0 Å². The number of unbranched alkanes of at least 4 members (excludes halogenated alkanes) is 1. The molecule has 1 heterocycles. The van der Waals surface area contributed by atoms with E-state index in [0.717, 1.165) is 6.42 Å². The third-order valence-electron chi connectivity index (χ3n) is 2.90.